The fourth-order valence-electron chi connectivity index (χ4n) is 2.84. The van der Waals surface area contributed by atoms with E-state index in [1.165, 1.54) is 10.8 Å². The summed E-state index contributed by atoms with van der Waals surface area (Å²) in [5, 5.41) is 17.5. The van der Waals surface area contributed by atoms with Crippen molar-refractivity contribution >= 4 is 29.5 Å². The zero-order valence-corrected chi connectivity index (χ0v) is 20.6. The molecule has 2 N–H and O–H groups in total. The Hall–Kier alpha value is -1.78. The van der Waals surface area contributed by atoms with Crippen LogP contribution < -0.4 is 14.9 Å². The van der Waals surface area contributed by atoms with Crippen molar-refractivity contribution in [3.8, 4) is 5.75 Å². The largest absolute Gasteiger partial charge is 0.486 e. The fourth-order valence-corrected chi connectivity index (χ4v) is 5.10. The minimum absolute atomic E-state index is 0.149. The number of halogens is 1. The van der Waals surface area contributed by atoms with Crippen LogP contribution in [0, 0.1) is 17.0 Å². The highest BCUT2D eigenvalue weighted by Gasteiger charge is 2.25. The van der Waals surface area contributed by atoms with Gasteiger partial charge in [-0.25, -0.2) is 14.7 Å². The van der Waals surface area contributed by atoms with Crippen molar-refractivity contribution in [3.05, 3.63) is 51.3 Å². The summed E-state index contributed by atoms with van der Waals surface area (Å²) in [4.78, 5) is 14.2. The van der Waals surface area contributed by atoms with E-state index >= 15 is 0 Å². The second kappa shape index (κ2) is 11.7. The minimum Gasteiger partial charge on any atom is -0.486 e. The summed E-state index contributed by atoms with van der Waals surface area (Å²) in [5.74, 6) is 0.413. The van der Waals surface area contributed by atoms with Gasteiger partial charge in [-0.15, -0.1) is 0 Å². The van der Waals surface area contributed by atoms with Gasteiger partial charge in [0.05, 0.1) is 13.2 Å². The molecule has 0 amide bonds. The first kappa shape index (κ1) is 25.5. The topological polar surface area (TPSA) is 121 Å². The highest BCUT2D eigenvalue weighted by Crippen LogP contribution is 2.43. The zero-order chi connectivity index (χ0) is 23.0. The van der Waals surface area contributed by atoms with E-state index in [4.69, 9.17) is 9.26 Å². The maximum Gasteiger partial charge on any atom is 0.434 e. The number of imidazole rings is 1. The molecule has 0 aliphatic carbocycles. The smallest absolute Gasteiger partial charge is 0.434 e. The van der Waals surface area contributed by atoms with Crippen LogP contribution in [-0.4, -0.2) is 32.9 Å². The van der Waals surface area contributed by atoms with Crippen LogP contribution >= 0.6 is 23.6 Å². The first-order chi connectivity index (χ1) is 14.7. The SMILES string of the molecule is CCCNP(=O)(NCCBr)OC(C)c1ccc(OCc2cnc([N+](=O)[O-])n2C)c(C)c1. The molecule has 0 spiro atoms. The van der Waals surface area contributed by atoms with E-state index in [-0.39, 0.29) is 12.6 Å². The standard InChI is InChI=1S/C19H29BrN5O5P/c1-5-9-22-31(28,23-10-8-20)30-15(3)16-6-7-18(14(2)11-16)29-13-17-12-21-19(24(17)4)25(26)27/h6-7,11-12,15H,5,8-10,13H2,1-4H3,(H2,22,23,28). The number of hydrogen-bond donors (Lipinski definition) is 2. The average molecular weight is 518 g/mol. The molecule has 1 aromatic carbocycles. The zero-order valence-electron chi connectivity index (χ0n) is 18.1. The second-order valence-corrected chi connectivity index (χ2v) is 9.72. The van der Waals surface area contributed by atoms with Gasteiger partial charge in [0.25, 0.3) is 0 Å². The van der Waals surface area contributed by atoms with Crippen molar-refractivity contribution in [1.29, 1.82) is 0 Å². The van der Waals surface area contributed by atoms with Gasteiger partial charge in [-0.3, -0.25) is 9.09 Å². The van der Waals surface area contributed by atoms with E-state index < -0.39 is 18.7 Å². The summed E-state index contributed by atoms with van der Waals surface area (Å²) in [5.41, 5.74) is 2.32. The van der Waals surface area contributed by atoms with E-state index in [2.05, 4.69) is 31.1 Å². The molecule has 172 valence electrons. The van der Waals surface area contributed by atoms with Crippen molar-refractivity contribution in [1.82, 2.24) is 19.7 Å². The van der Waals surface area contributed by atoms with E-state index in [0.717, 1.165) is 17.5 Å². The molecule has 1 heterocycles. The van der Waals surface area contributed by atoms with Crippen molar-refractivity contribution < 1.29 is 18.7 Å². The lowest BCUT2D eigenvalue weighted by molar-refractivity contribution is -0.396. The lowest BCUT2D eigenvalue weighted by atomic mass is 10.1. The van der Waals surface area contributed by atoms with Gasteiger partial charge in [0.2, 0.25) is 0 Å². The molecule has 10 nitrogen and oxygen atoms in total. The summed E-state index contributed by atoms with van der Waals surface area (Å²) in [6.07, 6.45) is 1.85. The molecule has 12 heteroatoms. The minimum atomic E-state index is -3.19. The number of hydrogen-bond acceptors (Lipinski definition) is 6. The Balaban J connectivity index is 2.06. The van der Waals surface area contributed by atoms with E-state index in [9.17, 15) is 14.7 Å². The number of rotatable bonds is 13. The van der Waals surface area contributed by atoms with Gasteiger partial charge < -0.3 is 14.9 Å². The molecule has 0 fully saturated rings. The first-order valence-corrected chi connectivity index (χ1v) is 12.7. The van der Waals surface area contributed by atoms with Crippen LogP contribution in [0.1, 0.15) is 43.2 Å². The van der Waals surface area contributed by atoms with E-state index in [1.54, 1.807) is 7.05 Å². The highest BCUT2D eigenvalue weighted by molar-refractivity contribution is 9.09. The quantitative estimate of drug-likeness (QED) is 0.174. The van der Waals surface area contributed by atoms with Crippen molar-refractivity contribution in [2.24, 2.45) is 7.05 Å². The lowest BCUT2D eigenvalue weighted by Crippen LogP contribution is -2.27. The Labute approximate surface area is 190 Å². The number of nitrogens with one attached hydrogen (secondary N) is 2. The maximum absolute atomic E-state index is 13.1. The molecule has 31 heavy (non-hydrogen) atoms. The normalized spacial score (nSPS) is 14.2. The molecule has 2 atom stereocenters. The molecule has 0 bridgehead atoms. The number of aromatic nitrogens is 2. The molecule has 0 aliphatic rings. The summed E-state index contributed by atoms with van der Waals surface area (Å²) < 4.78 is 26.2. The Kier molecular flexibility index (Phi) is 9.64. The third-order valence-electron chi connectivity index (χ3n) is 4.56. The molecule has 0 saturated heterocycles. The van der Waals surface area contributed by atoms with Crippen LogP contribution in [0.15, 0.2) is 24.4 Å². The number of alkyl halides is 1. The molecule has 0 aliphatic heterocycles. The van der Waals surface area contributed by atoms with Crippen LogP contribution in [0.25, 0.3) is 0 Å². The fraction of sp³-hybridized carbons (Fsp3) is 0.526. The molecule has 1 aromatic heterocycles. The van der Waals surface area contributed by atoms with Crippen molar-refractivity contribution in [2.45, 2.75) is 39.9 Å². The Morgan fingerprint density at radius 3 is 2.65 bits per heavy atom. The van der Waals surface area contributed by atoms with Gasteiger partial charge in [-0.1, -0.05) is 33.9 Å². The third kappa shape index (κ3) is 7.11. The van der Waals surface area contributed by atoms with Gasteiger partial charge >= 0.3 is 13.6 Å². The molecule has 0 radical (unpaired) electrons. The van der Waals surface area contributed by atoms with E-state index in [0.29, 0.717) is 29.9 Å². The number of nitrogens with zero attached hydrogens (tertiary/aromatic N) is 3. The summed E-state index contributed by atoms with van der Waals surface area (Å²) in [6, 6.07) is 5.58. The molecule has 2 rings (SSSR count). The monoisotopic (exact) mass is 517 g/mol. The second-order valence-electron chi connectivity index (χ2n) is 6.98. The van der Waals surface area contributed by atoms with Gasteiger partial charge in [0.1, 0.15) is 18.6 Å². The molecule has 2 aromatic rings. The Bertz CT molecular complexity index is 926. The summed E-state index contributed by atoms with van der Waals surface area (Å²) >= 11 is 3.32. The number of nitro groups is 1. The lowest BCUT2D eigenvalue weighted by Gasteiger charge is -2.24. The van der Waals surface area contributed by atoms with Gasteiger partial charge in [-0.2, -0.15) is 0 Å². The van der Waals surface area contributed by atoms with Crippen molar-refractivity contribution in [3.63, 3.8) is 0 Å². The molecular formula is C19H29BrN5O5P. The van der Waals surface area contributed by atoms with Crippen molar-refractivity contribution in [2.75, 3.05) is 18.4 Å². The Morgan fingerprint density at radius 2 is 2.06 bits per heavy atom. The molecule has 0 saturated carbocycles. The van der Waals surface area contributed by atoms with Crippen LogP contribution in [0.2, 0.25) is 0 Å². The van der Waals surface area contributed by atoms with Gasteiger partial charge in [0, 0.05) is 18.4 Å². The number of aryl methyl sites for hydroxylation is 1. The predicted molar refractivity (Wildman–Crippen MR) is 123 cm³/mol. The molecule has 2 unspecified atom stereocenters. The molecular weight excluding hydrogens is 489 g/mol. The first-order valence-electron chi connectivity index (χ1n) is 9.93. The van der Waals surface area contributed by atoms with Crippen LogP contribution in [-0.2, 0) is 22.7 Å². The van der Waals surface area contributed by atoms with Gasteiger partial charge in [0.15, 0.2) is 5.69 Å². The van der Waals surface area contributed by atoms with Gasteiger partial charge in [-0.05, 0) is 48.5 Å². The number of benzene rings is 1. The summed E-state index contributed by atoms with van der Waals surface area (Å²) in [6.45, 7) is 6.98. The van der Waals surface area contributed by atoms with Crippen LogP contribution in [0.3, 0.4) is 0 Å². The maximum atomic E-state index is 13.1. The van der Waals surface area contributed by atoms with Crippen LogP contribution in [0.5, 0.6) is 5.75 Å². The highest BCUT2D eigenvalue weighted by atomic mass is 79.9. The average Bonchev–Trinajstić information content (AvgIpc) is 3.10. The summed E-state index contributed by atoms with van der Waals surface area (Å²) in [7, 11) is -1.61. The third-order valence-corrected chi connectivity index (χ3v) is 6.85. The predicted octanol–water partition coefficient (Wildman–Crippen LogP) is 4.39. The Morgan fingerprint density at radius 1 is 1.35 bits per heavy atom. The number of ether oxygens (including phenoxy) is 1. The van der Waals surface area contributed by atoms with E-state index in [1.807, 2.05) is 39.0 Å². The van der Waals surface area contributed by atoms with Crippen LogP contribution in [0.4, 0.5) is 5.95 Å².